The molecule has 5 amide bonds. The first-order valence-corrected chi connectivity index (χ1v) is 21.9. The molecule has 336 valence electrons. The standard InChI is InChI=1S/C43H51N7O12S/c1-44-63(56,57)31-10-11-34(33(24-31)35-26-49(2)28-47-35)46-25-29-6-8-30(9-7-29)27-61-23-22-60-21-20-59-19-18-58-17-15-45-38(51)14-16-62-37-5-3-4-32-40(37)43(55)50(42(32)54)36-12-13-39(52)48-41(36)53/h3-11,24,26,28,36,44,46H,12-23,25,27H2,1-2H3,(H,45,51)(H,48,52,53). The fraction of sp³-hybridized carbons (Fsp3) is 0.395. The van der Waals surface area contributed by atoms with E-state index in [-0.39, 0.29) is 66.7 Å². The molecule has 3 heterocycles. The summed E-state index contributed by atoms with van der Waals surface area (Å²) in [6.07, 6.45) is 3.55. The second-order valence-corrected chi connectivity index (χ2v) is 16.4. The van der Waals surface area contributed by atoms with Gasteiger partial charge in [0.05, 0.1) is 93.9 Å². The van der Waals surface area contributed by atoms with E-state index in [1.54, 1.807) is 35.2 Å². The molecule has 19 nitrogen and oxygen atoms in total. The first-order chi connectivity index (χ1) is 30.4. The number of anilines is 1. The average molecular weight is 890 g/mol. The van der Waals surface area contributed by atoms with Crippen LogP contribution in [0.1, 0.15) is 51.1 Å². The van der Waals surface area contributed by atoms with Gasteiger partial charge in [0, 0.05) is 44.0 Å². The summed E-state index contributed by atoms with van der Waals surface area (Å²) in [7, 11) is -0.387. The summed E-state index contributed by atoms with van der Waals surface area (Å²) in [6, 6.07) is 16.4. The minimum absolute atomic E-state index is 0.00795. The van der Waals surface area contributed by atoms with Crippen molar-refractivity contribution in [2.45, 2.75) is 43.4 Å². The number of aryl methyl sites for hydroxylation is 1. The van der Waals surface area contributed by atoms with E-state index in [9.17, 15) is 32.4 Å². The van der Waals surface area contributed by atoms with Crippen molar-refractivity contribution >= 4 is 45.2 Å². The normalized spacial score (nSPS) is 15.1. The number of carbonyl (C=O) groups excluding carboxylic acids is 5. The van der Waals surface area contributed by atoms with Crippen molar-refractivity contribution in [2.75, 3.05) is 71.8 Å². The largest absolute Gasteiger partial charge is 0.492 e. The Morgan fingerprint density at radius 3 is 2.22 bits per heavy atom. The molecule has 1 unspecified atom stereocenters. The van der Waals surface area contributed by atoms with Crippen LogP contribution in [0.5, 0.6) is 5.75 Å². The summed E-state index contributed by atoms with van der Waals surface area (Å²) >= 11 is 0. The van der Waals surface area contributed by atoms with Crippen molar-refractivity contribution in [1.82, 2.24) is 29.8 Å². The van der Waals surface area contributed by atoms with E-state index in [1.165, 1.54) is 19.2 Å². The molecular weight excluding hydrogens is 839 g/mol. The van der Waals surface area contributed by atoms with Crippen LogP contribution in [0.25, 0.3) is 11.3 Å². The van der Waals surface area contributed by atoms with Crippen molar-refractivity contribution < 1.29 is 56.1 Å². The molecule has 1 aromatic heterocycles. The number of ether oxygens (including phenoxy) is 5. The Bertz CT molecular complexity index is 2370. The van der Waals surface area contributed by atoms with Gasteiger partial charge < -0.3 is 38.9 Å². The van der Waals surface area contributed by atoms with Gasteiger partial charge in [-0.3, -0.25) is 34.2 Å². The molecule has 2 aliphatic heterocycles. The van der Waals surface area contributed by atoms with E-state index in [4.69, 9.17) is 23.7 Å². The van der Waals surface area contributed by atoms with Gasteiger partial charge in [0.25, 0.3) is 11.8 Å². The van der Waals surface area contributed by atoms with Gasteiger partial charge >= 0.3 is 0 Å². The zero-order valence-electron chi connectivity index (χ0n) is 35.1. The van der Waals surface area contributed by atoms with Gasteiger partial charge in [-0.2, -0.15) is 0 Å². The lowest BCUT2D eigenvalue weighted by molar-refractivity contribution is -0.136. The molecule has 1 saturated heterocycles. The van der Waals surface area contributed by atoms with Gasteiger partial charge in [-0.25, -0.2) is 18.1 Å². The molecule has 63 heavy (non-hydrogen) atoms. The minimum atomic E-state index is -3.62. The van der Waals surface area contributed by atoms with E-state index in [2.05, 4.69) is 25.7 Å². The predicted octanol–water partition coefficient (Wildman–Crippen LogP) is 2.16. The molecule has 0 spiro atoms. The highest BCUT2D eigenvalue weighted by Crippen LogP contribution is 2.34. The maximum atomic E-state index is 13.2. The van der Waals surface area contributed by atoms with E-state index in [0.717, 1.165) is 21.7 Å². The number of aromatic nitrogens is 2. The fourth-order valence-corrected chi connectivity index (χ4v) is 7.49. The highest BCUT2D eigenvalue weighted by molar-refractivity contribution is 7.89. The molecule has 3 aromatic carbocycles. The van der Waals surface area contributed by atoms with Crippen molar-refractivity contribution in [3.8, 4) is 17.0 Å². The molecule has 4 N–H and O–H groups in total. The topological polar surface area (TPSA) is 235 Å². The Balaban J connectivity index is 0.765. The molecule has 20 heteroatoms. The molecule has 2 aliphatic rings. The monoisotopic (exact) mass is 889 g/mol. The van der Waals surface area contributed by atoms with Crippen LogP contribution in [-0.4, -0.2) is 125 Å². The quantitative estimate of drug-likeness (QED) is 0.0552. The van der Waals surface area contributed by atoms with Crippen LogP contribution in [0.4, 0.5) is 5.69 Å². The summed E-state index contributed by atoms with van der Waals surface area (Å²) in [6.45, 7) is 3.75. The molecule has 0 saturated carbocycles. The van der Waals surface area contributed by atoms with Crippen LogP contribution in [0.2, 0.25) is 0 Å². The summed E-state index contributed by atoms with van der Waals surface area (Å²) in [5.74, 6) is -2.63. The van der Waals surface area contributed by atoms with Gasteiger partial charge in [-0.05, 0) is 54.9 Å². The Morgan fingerprint density at radius 1 is 0.841 bits per heavy atom. The predicted molar refractivity (Wildman–Crippen MR) is 227 cm³/mol. The number of amides is 5. The molecule has 4 aromatic rings. The van der Waals surface area contributed by atoms with Crippen molar-refractivity contribution in [2.24, 2.45) is 7.05 Å². The molecule has 0 aliphatic carbocycles. The van der Waals surface area contributed by atoms with Crippen LogP contribution in [0.15, 0.2) is 78.1 Å². The number of piperidine rings is 1. The zero-order valence-corrected chi connectivity index (χ0v) is 35.9. The number of sulfonamides is 1. The number of benzene rings is 3. The van der Waals surface area contributed by atoms with Gasteiger partial charge in [0.1, 0.15) is 11.8 Å². The first kappa shape index (κ1) is 46.5. The van der Waals surface area contributed by atoms with E-state index < -0.39 is 39.7 Å². The first-order valence-electron chi connectivity index (χ1n) is 20.4. The van der Waals surface area contributed by atoms with E-state index in [0.29, 0.717) is 64.1 Å². The number of hydrogen-bond donors (Lipinski definition) is 4. The molecular formula is C43H51N7O12S. The highest BCUT2D eigenvalue weighted by atomic mass is 32.2. The molecule has 6 rings (SSSR count). The maximum Gasteiger partial charge on any atom is 0.266 e. The zero-order chi connectivity index (χ0) is 44.8. The number of hydrogen-bond acceptors (Lipinski definition) is 14. The fourth-order valence-electron chi connectivity index (χ4n) is 6.74. The number of imidazole rings is 1. The summed E-state index contributed by atoms with van der Waals surface area (Å²) < 4.78 is 57.1. The van der Waals surface area contributed by atoms with Crippen LogP contribution in [0.3, 0.4) is 0 Å². The van der Waals surface area contributed by atoms with Crippen LogP contribution < -0.4 is 25.4 Å². The second kappa shape index (κ2) is 22.4. The average Bonchev–Trinajstić information content (AvgIpc) is 3.82. The SMILES string of the molecule is CNS(=O)(=O)c1ccc(NCc2ccc(COCCOCCOCCOCCNC(=O)CCOc3cccc4c3C(=O)N(C3CCC(=O)NC3=O)C4=O)cc2)c(-c2cn(C)cn2)c1. The third-order valence-electron chi connectivity index (χ3n) is 10.0. The Kier molecular flexibility index (Phi) is 16.5. The van der Waals surface area contributed by atoms with Crippen LogP contribution in [-0.2, 0) is 63.6 Å². The number of imide groups is 2. The van der Waals surface area contributed by atoms with Crippen molar-refractivity contribution in [3.63, 3.8) is 0 Å². The number of nitrogens with one attached hydrogen (secondary N) is 4. The van der Waals surface area contributed by atoms with E-state index in [1.807, 2.05) is 37.5 Å². The third kappa shape index (κ3) is 12.6. The van der Waals surface area contributed by atoms with Gasteiger partial charge in [-0.15, -0.1) is 0 Å². The Morgan fingerprint density at radius 2 is 1.54 bits per heavy atom. The summed E-state index contributed by atoms with van der Waals surface area (Å²) in [4.78, 5) is 67.8. The van der Waals surface area contributed by atoms with E-state index >= 15 is 0 Å². The maximum absolute atomic E-state index is 13.2. The lowest BCUT2D eigenvalue weighted by Gasteiger charge is -2.27. The number of carbonyl (C=O) groups is 5. The van der Waals surface area contributed by atoms with Gasteiger partial charge in [0.15, 0.2) is 0 Å². The summed E-state index contributed by atoms with van der Waals surface area (Å²) in [5, 5.41) is 8.30. The number of nitrogens with zero attached hydrogens (tertiary/aromatic N) is 3. The molecule has 1 fully saturated rings. The van der Waals surface area contributed by atoms with Crippen molar-refractivity contribution in [1.29, 1.82) is 0 Å². The van der Waals surface area contributed by atoms with Gasteiger partial charge in [-0.1, -0.05) is 30.3 Å². The number of rotatable bonds is 25. The minimum Gasteiger partial charge on any atom is -0.492 e. The molecule has 1 atom stereocenters. The van der Waals surface area contributed by atoms with Gasteiger partial charge in [0.2, 0.25) is 27.7 Å². The molecule has 0 radical (unpaired) electrons. The highest BCUT2D eigenvalue weighted by Gasteiger charge is 2.46. The van der Waals surface area contributed by atoms with Crippen LogP contribution in [0, 0.1) is 0 Å². The van der Waals surface area contributed by atoms with Crippen molar-refractivity contribution in [3.05, 3.63) is 95.4 Å². The number of fused-ring (bicyclic) bond motifs is 1. The lowest BCUT2D eigenvalue weighted by Crippen LogP contribution is -2.54. The molecule has 0 bridgehead atoms. The van der Waals surface area contributed by atoms with Crippen LogP contribution >= 0.6 is 0 Å². The smallest absolute Gasteiger partial charge is 0.266 e. The Labute approximate surface area is 364 Å². The lowest BCUT2D eigenvalue weighted by atomic mass is 10.0. The third-order valence-corrected chi connectivity index (χ3v) is 11.4. The Hall–Kier alpha value is -6.03. The second-order valence-electron chi connectivity index (χ2n) is 14.5. The summed E-state index contributed by atoms with van der Waals surface area (Å²) in [5.41, 5.74) is 4.27.